The Morgan fingerprint density at radius 1 is 0.520 bits per heavy atom. The molecule has 0 amide bonds. The highest BCUT2D eigenvalue weighted by Crippen LogP contribution is 2.27. The van der Waals surface area contributed by atoms with E-state index in [1.165, 1.54) is 101 Å². The summed E-state index contributed by atoms with van der Waals surface area (Å²) in [5, 5.41) is 0. The van der Waals surface area contributed by atoms with Crippen LogP contribution in [0, 0.1) is 0 Å². The molecule has 0 bridgehead atoms. The van der Waals surface area contributed by atoms with E-state index in [9.17, 15) is 0 Å². The first-order chi connectivity index (χ1) is 12.3. The highest BCUT2D eigenvalue weighted by molar-refractivity contribution is 5.42. The summed E-state index contributed by atoms with van der Waals surface area (Å²) in [4.78, 5) is 0. The molecule has 1 aromatic carbocycles. The van der Waals surface area contributed by atoms with Crippen LogP contribution in [0.15, 0.2) is 30.3 Å². The summed E-state index contributed by atoms with van der Waals surface area (Å²) in [6.07, 6.45) is 16.5. The van der Waals surface area contributed by atoms with Gasteiger partial charge >= 0.3 is 0 Å². The lowest BCUT2D eigenvalue weighted by molar-refractivity contribution is 0.253. The minimum Gasteiger partial charge on any atom is -0.291 e. The van der Waals surface area contributed by atoms with Crippen LogP contribution in [0.5, 0.6) is 0 Å². The molecular formula is C24H44N+. The van der Waals surface area contributed by atoms with Crippen molar-refractivity contribution >= 4 is 5.69 Å². The molecule has 0 atom stereocenters. The van der Waals surface area contributed by atoms with Gasteiger partial charge in [-0.15, -0.1) is 0 Å². The van der Waals surface area contributed by atoms with E-state index in [4.69, 9.17) is 0 Å². The standard InChI is InChI=1S/C24H44N/c1-4-7-10-16-21-25(22-17-11-8-5-2,23-18-12-9-6-3)24-19-14-13-15-20-24/h13-15,19-20H,4-12,16-18,21-23H2,1-3H3/q+1. The average molecular weight is 347 g/mol. The van der Waals surface area contributed by atoms with Crippen LogP contribution in [0.4, 0.5) is 5.69 Å². The fourth-order valence-corrected chi connectivity index (χ4v) is 3.99. The minimum absolute atomic E-state index is 1.23. The molecule has 0 aliphatic carbocycles. The van der Waals surface area contributed by atoms with Crippen molar-refractivity contribution in [2.75, 3.05) is 19.6 Å². The number of benzene rings is 1. The number of rotatable bonds is 16. The zero-order valence-electron chi connectivity index (χ0n) is 17.4. The summed E-state index contributed by atoms with van der Waals surface area (Å²) in [7, 11) is 0. The van der Waals surface area contributed by atoms with Crippen molar-refractivity contribution < 1.29 is 0 Å². The molecule has 1 aromatic rings. The highest BCUT2D eigenvalue weighted by atomic mass is 15.4. The first-order valence-corrected chi connectivity index (χ1v) is 11.2. The third-order valence-electron chi connectivity index (χ3n) is 5.62. The van der Waals surface area contributed by atoms with Gasteiger partial charge in [-0.3, -0.25) is 4.48 Å². The SMILES string of the molecule is CCCCCC[N+](CCCCCC)(CCCCCC)c1ccccc1. The molecule has 1 heteroatoms. The molecule has 0 unspecified atom stereocenters. The Morgan fingerprint density at radius 3 is 1.28 bits per heavy atom. The molecule has 1 rings (SSSR count). The molecular weight excluding hydrogens is 302 g/mol. The Balaban J connectivity index is 2.82. The van der Waals surface area contributed by atoms with Gasteiger partial charge in [0.1, 0.15) is 5.69 Å². The van der Waals surface area contributed by atoms with E-state index in [0.717, 1.165) is 0 Å². The predicted octanol–water partition coefficient (Wildman–Crippen LogP) is 7.73. The summed E-state index contributed by atoms with van der Waals surface area (Å²) in [5.74, 6) is 0. The third kappa shape index (κ3) is 8.90. The average Bonchev–Trinajstić information content (AvgIpc) is 2.66. The van der Waals surface area contributed by atoms with Crippen molar-refractivity contribution in [3.05, 3.63) is 30.3 Å². The lowest BCUT2D eigenvalue weighted by Gasteiger charge is -2.39. The van der Waals surface area contributed by atoms with Crippen LogP contribution < -0.4 is 4.48 Å². The van der Waals surface area contributed by atoms with E-state index in [2.05, 4.69) is 51.1 Å². The van der Waals surface area contributed by atoms with Crippen LogP contribution in [-0.4, -0.2) is 19.6 Å². The number of quaternary nitrogens is 1. The van der Waals surface area contributed by atoms with Gasteiger partial charge in [-0.1, -0.05) is 77.5 Å². The van der Waals surface area contributed by atoms with Gasteiger partial charge in [0, 0.05) is 0 Å². The molecule has 0 radical (unpaired) electrons. The zero-order chi connectivity index (χ0) is 18.2. The fourth-order valence-electron chi connectivity index (χ4n) is 3.99. The largest absolute Gasteiger partial charge is 0.291 e. The van der Waals surface area contributed by atoms with Crippen LogP contribution >= 0.6 is 0 Å². The van der Waals surface area contributed by atoms with Crippen molar-refractivity contribution in [1.29, 1.82) is 0 Å². The van der Waals surface area contributed by atoms with Gasteiger partial charge in [-0.05, 0) is 50.7 Å². The third-order valence-corrected chi connectivity index (χ3v) is 5.62. The second-order valence-electron chi connectivity index (χ2n) is 7.83. The van der Waals surface area contributed by atoms with Crippen molar-refractivity contribution in [3.8, 4) is 0 Å². The Labute approximate surface area is 158 Å². The molecule has 144 valence electrons. The van der Waals surface area contributed by atoms with Gasteiger partial charge in [0.2, 0.25) is 0 Å². The van der Waals surface area contributed by atoms with Crippen molar-refractivity contribution in [1.82, 2.24) is 4.48 Å². The van der Waals surface area contributed by atoms with Crippen LogP contribution in [0.3, 0.4) is 0 Å². The maximum Gasteiger partial charge on any atom is 0.132 e. The van der Waals surface area contributed by atoms with Crippen molar-refractivity contribution in [3.63, 3.8) is 0 Å². The summed E-state index contributed by atoms with van der Waals surface area (Å²) < 4.78 is 1.23. The monoisotopic (exact) mass is 346 g/mol. The Morgan fingerprint density at radius 2 is 0.920 bits per heavy atom. The lowest BCUT2D eigenvalue weighted by atomic mass is 10.1. The number of para-hydroxylation sites is 1. The highest BCUT2D eigenvalue weighted by Gasteiger charge is 2.28. The molecule has 25 heavy (non-hydrogen) atoms. The number of hydrogen-bond donors (Lipinski definition) is 0. The molecule has 0 aromatic heterocycles. The van der Waals surface area contributed by atoms with E-state index in [0.29, 0.717) is 0 Å². The Hall–Kier alpha value is -0.820. The minimum atomic E-state index is 1.23. The zero-order valence-corrected chi connectivity index (χ0v) is 17.4. The predicted molar refractivity (Wildman–Crippen MR) is 115 cm³/mol. The van der Waals surface area contributed by atoms with Gasteiger partial charge in [0.25, 0.3) is 0 Å². The molecule has 0 aliphatic heterocycles. The normalized spacial score (nSPS) is 11.8. The summed E-state index contributed by atoms with van der Waals surface area (Å²) in [6.45, 7) is 10.9. The van der Waals surface area contributed by atoms with Crippen LogP contribution in [0.1, 0.15) is 97.8 Å². The molecule has 0 N–H and O–H groups in total. The number of hydrogen-bond acceptors (Lipinski definition) is 0. The molecule has 0 saturated carbocycles. The van der Waals surface area contributed by atoms with Gasteiger partial charge in [-0.2, -0.15) is 0 Å². The van der Waals surface area contributed by atoms with Crippen LogP contribution in [0.2, 0.25) is 0 Å². The molecule has 1 nitrogen and oxygen atoms in total. The second kappa shape index (κ2) is 14.4. The van der Waals surface area contributed by atoms with Gasteiger partial charge in [0.05, 0.1) is 19.6 Å². The van der Waals surface area contributed by atoms with Crippen LogP contribution in [-0.2, 0) is 0 Å². The van der Waals surface area contributed by atoms with E-state index in [1.807, 2.05) is 0 Å². The van der Waals surface area contributed by atoms with E-state index < -0.39 is 0 Å². The maximum atomic E-state index is 2.39. The molecule has 0 saturated heterocycles. The Bertz CT molecular complexity index is 367. The summed E-state index contributed by atoms with van der Waals surface area (Å²) in [5.41, 5.74) is 1.56. The van der Waals surface area contributed by atoms with Gasteiger partial charge in [-0.25, -0.2) is 0 Å². The number of nitrogens with zero attached hydrogens (tertiary/aromatic N) is 1. The molecule has 0 fully saturated rings. The number of unbranched alkanes of at least 4 members (excludes halogenated alkanes) is 9. The Kier molecular flexibility index (Phi) is 12.8. The van der Waals surface area contributed by atoms with Gasteiger partial charge < -0.3 is 0 Å². The smallest absolute Gasteiger partial charge is 0.132 e. The fraction of sp³-hybridized carbons (Fsp3) is 0.750. The van der Waals surface area contributed by atoms with Crippen LogP contribution in [0.25, 0.3) is 0 Å². The van der Waals surface area contributed by atoms with Crippen molar-refractivity contribution in [2.45, 2.75) is 97.8 Å². The first kappa shape index (κ1) is 22.2. The van der Waals surface area contributed by atoms with E-state index >= 15 is 0 Å². The summed E-state index contributed by atoms with van der Waals surface area (Å²) >= 11 is 0. The lowest BCUT2D eigenvalue weighted by Crippen LogP contribution is -2.51. The van der Waals surface area contributed by atoms with E-state index in [-0.39, 0.29) is 0 Å². The van der Waals surface area contributed by atoms with Gasteiger partial charge in [0.15, 0.2) is 0 Å². The topological polar surface area (TPSA) is 0 Å². The molecule has 0 spiro atoms. The van der Waals surface area contributed by atoms with E-state index in [1.54, 1.807) is 5.69 Å². The quantitative estimate of drug-likeness (QED) is 0.212. The second-order valence-corrected chi connectivity index (χ2v) is 7.83. The maximum absolute atomic E-state index is 2.39. The summed E-state index contributed by atoms with van der Waals surface area (Å²) in [6, 6.07) is 11.4. The van der Waals surface area contributed by atoms with Crippen molar-refractivity contribution in [2.24, 2.45) is 0 Å². The molecule has 0 heterocycles. The molecule has 0 aliphatic rings. The first-order valence-electron chi connectivity index (χ1n) is 11.2.